The minimum atomic E-state index is -1.66. The Balaban J connectivity index is 2.72. The van der Waals surface area contributed by atoms with Crippen molar-refractivity contribution in [2.45, 2.75) is 13.3 Å². The number of rotatable bonds is 7. The number of benzene rings is 1. The molecule has 0 bridgehead atoms. The topological polar surface area (TPSA) is 75.4 Å². The molecule has 0 spiro atoms. The Bertz CT molecular complexity index is 538. The van der Waals surface area contributed by atoms with Crippen LogP contribution in [0.2, 0.25) is 0 Å². The van der Waals surface area contributed by atoms with Crippen molar-refractivity contribution in [2.75, 3.05) is 25.0 Å². The van der Waals surface area contributed by atoms with Crippen LogP contribution in [0, 0.1) is 17.5 Å². The predicted octanol–water partition coefficient (Wildman–Crippen LogP) is 1.24. The van der Waals surface area contributed by atoms with Gasteiger partial charge in [0.25, 0.3) is 0 Å². The Hall–Kier alpha value is -2.09. The molecular formula is C13H16F3N3O2. The second kappa shape index (κ2) is 7.63. The van der Waals surface area contributed by atoms with Crippen LogP contribution in [0.3, 0.4) is 0 Å². The van der Waals surface area contributed by atoms with Gasteiger partial charge in [-0.1, -0.05) is 6.92 Å². The van der Waals surface area contributed by atoms with Crippen LogP contribution in [0.5, 0.6) is 0 Å². The van der Waals surface area contributed by atoms with Crippen LogP contribution < -0.4 is 11.1 Å². The molecule has 0 atom stereocenters. The molecule has 0 aliphatic heterocycles. The van der Waals surface area contributed by atoms with Crippen LogP contribution in [0.25, 0.3) is 0 Å². The molecule has 116 valence electrons. The number of nitrogens with one attached hydrogen (secondary N) is 1. The molecule has 1 rings (SSSR count). The average molecular weight is 303 g/mol. The summed E-state index contributed by atoms with van der Waals surface area (Å²) in [6, 6.07) is 1.63. The van der Waals surface area contributed by atoms with E-state index in [9.17, 15) is 22.8 Å². The third-order valence-electron chi connectivity index (χ3n) is 2.60. The quantitative estimate of drug-likeness (QED) is 0.744. The van der Waals surface area contributed by atoms with Crippen LogP contribution >= 0.6 is 0 Å². The van der Waals surface area contributed by atoms with Gasteiger partial charge in [0, 0.05) is 0 Å². The molecule has 5 nitrogen and oxygen atoms in total. The zero-order valence-corrected chi connectivity index (χ0v) is 11.5. The van der Waals surface area contributed by atoms with E-state index in [0.29, 0.717) is 19.0 Å². The maximum absolute atomic E-state index is 13.4. The first-order valence-electron chi connectivity index (χ1n) is 6.29. The number of hydrogen-bond donors (Lipinski definition) is 2. The van der Waals surface area contributed by atoms with Gasteiger partial charge in [-0.25, -0.2) is 13.2 Å². The predicted molar refractivity (Wildman–Crippen MR) is 70.9 cm³/mol. The smallest absolute Gasteiger partial charge is 0.238 e. The molecule has 0 fully saturated rings. The van der Waals surface area contributed by atoms with Gasteiger partial charge in [-0.05, 0) is 25.1 Å². The molecule has 2 amide bonds. The van der Waals surface area contributed by atoms with Crippen LogP contribution in [0.4, 0.5) is 18.9 Å². The fourth-order valence-electron chi connectivity index (χ4n) is 1.77. The van der Waals surface area contributed by atoms with E-state index in [2.05, 4.69) is 5.32 Å². The summed E-state index contributed by atoms with van der Waals surface area (Å²) in [6.07, 6.45) is 0.681. The molecule has 0 aromatic heterocycles. The normalized spacial score (nSPS) is 10.7. The minimum absolute atomic E-state index is 0.123. The fourth-order valence-corrected chi connectivity index (χ4v) is 1.77. The second-order valence-corrected chi connectivity index (χ2v) is 4.45. The summed E-state index contributed by atoms with van der Waals surface area (Å²) in [5.41, 5.74) is 4.59. The summed E-state index contributed by atoms with van der Waals surface area (Å²) < 4.78 is 39.2. The lowest BCUT2D eigenvalue weighted by Gasteiger charge is -2.19. The van der Waals surface area contributed by atoms with Gasteiger partial charge < -0.3 is 11.1 Å². The highest BCUT2D eigenvalue weighted by atomic mass is 19.2. The van der Waals surface area contributed by atoms with Gasteiger partial charge in [0.05, 0.1) is 18.8 Å². The molecule has 0 saturated heterocycles. The van der Waals surface area contributed by atoms with Crippen molar-refractivity contribution >= 4 is 17.5 Å². The Labute approximate surface area is 119 Å². The van der Waals surface area contributed by atoms with Gasteiger partial charge in [0.1, 0.15) is 0 Å². The number of halogens is 3. The second-order valence-electron chi connectivity index (χ2n) is 4.45. The Kier molecular flexibility index (Phi) is 6.16. The molecule has 3 N–H and O–H groups in total. The first-order chi connectivity index (χ1) is 9.85. The van der Waals surface area contributed by atoms with Crippen LogP contribution in [-0.2, 0) is 9.59 Å². The van der Waals surface area contributed by atoms with Gasteiger partial charge in [0.15, 0.2) is 17.5 Å². The van der Waals surface area contributed by atoms with Crippen molar-refractivity contribution in [1.82, 2.24) is 4.90 Å². The zero-order chi connectivity index (χ0) is 16.0. The van der Waals surface area contributed by atoms with E-state index in [-0.39, 0.29) is 13.1 Å². The van der Waals surface area contributed by atoms with E-state index in [1.807, 2.05) is 6.92 Å². The number of nitrogens with two attached hydrogens (primary N) is 1. The van der Waals surface area contributed by atoms with Gasteiger partial charge in [-0.2, -0.15) is 0 Å². The third-order valence-corrected chi connectivity index (χ3v) is 2.60. The SMILES string of the molecule is CCCN(CC(N)=O)CC(=O)Nc1ccc(F)c(F)c1F. The van der Waals surface area contributed by atoms with Crippen molar-refractivity contribution in [3.05, 3.63) is 29.6 Å². The number of primary amides is 1. The summed E-state index contributed by atoms with van der Waals surface area (Å²) >= 11 is 0. The summed E-state index contributed by atoms with van der Waals surface area (Å²) in [7, 11) is 0. The Morgan fingerprint density at radius 1 is 1.19 bits per heavy atom. The molecule has 0 radical (unpaired) electrons. The standard InChI is InChI=1S/C13H16F3N3O2/c1-2-5-19(6-10(17)20)7-11(21)18-9-4-3-8(14)12(15)13(9)16/h3-4H,2,5-7H2,1H3,(H2,17,20)(H,18,21). The van der Waals surface area contributed by atoms with Gasteiger partial charge in [-0.3, -0.25) is 14.5 Å². The van der Waals surface area contributed by atoms with Crippen molar-refractivity contribution in [3.8, 4) is 0 Å². The number of hydrogen-bond acceptors (Lipinski definition) is 3. The highest BCUT2D eigenvalue weighted by Gasteiger charge is 2.17. The van der Waals surface area contributed by atoms with Gasteiger partial charge in [0.2, 0.25) is 11.8 Å². The lowest BCUT2D eigenvalue weighted by molar-refractivity contribution is -0.121. The number of carbonyl (C=O) groups is 2. The lowest BCUT2D eigenvalue weighted by atomic mass is 10.2. The minimum Gasteiger partial charge on any atom is -0.369 e. The maximum Gasteiger partial charge on any atom is 0.238 e. The Morgan fingerprint density at radius 3 is 2.43 bits per heavy atom. The highest BCUT2D eigenvalue weighted by molar-refractivity contribution is 5.92. The van der Waals surface area contributed by atoms with E-state index < -0.39 is 35.0 Å². The summed E-state index contributed by atoms with van der Waals surface area (Å²) in [6.45, 7) is 1.95. The molecule has 1 aromatic carbocycles. The molecule has 8 heteroatoms. The molecule has 0 unspecified atom stereocenters. The molecule has 0 saturated carbocycles. The lowest BCUT2D eigenvalue weighted by Crippen LogP contribution is -2.39. The van der Waals surface area contributed by atoms with Crippen molar-refractivity contribution < 1.29 is 22.8 Å². The summed E-state index contributed by atoms with van der Waals surface area (Å²) in [5, 5.41) is 2.13. The molecule has 0 aliphatic rings. The number of anilines is 1. The molecular weight excluding hydrogens is 287 g/mol. The first-order valence-corrected chi connectivity index (χ1v) is 6.29. The van der Waals surface area contributed by atoms with Crippen molar-refractivity contribution in [1.29, 1.82) is 0 Å². The summed E-state index contributed by atoms with van der Waals surface area (Å²) in [5.74, 6) is -5.73. The van der Waals surface area contributed by atoms with Crippen LogP contribution in [0.1, 0.15) is 13.3 Å². The van der Waals surface area contributed by atoms with Crippen molar-refractivity contribution in [2.24, 2.45) is 5.73 Å². The molecule has 0 heterocycles. The Morgan fingerprint density at radius 2 is 1.86 bits per heavy atom. The third kappa shape index (κ3) is 5.07. The zero-order valence-electron chi connectivity index (χ0n) is 11.5. The van der Waals surface area contributed by atoms with Gasteiger partial charge in [-0.15, -0.1) is 0 Å². The number of carbonyl (C=O) groups excluding carboxylic acids is 2. The number of nitrogens with zero attached hydrogens (tertiary/aromatic N) is 1. The van der Waals surface area contributed by atoms with E-state index in [0.717, 1.165) is 6.07 Å². The average Bonchev–Trinajstić information content (AvgIpc) is 2.39. The first kappa shape index (κ1) is 17.0. The molecule has 0 aliphatic carbocycles. The van der Waals surface area contributed by atoms with Crippen LogP contribution in [-0.4, -0.2) is 36.3 Å². The van der Waals surface area contributed by atoms with E-state index in [1.165, 1.54) is 4.90 Å². The summed E-state index contributed by atoms with van der Waals surface area (Å²) in [4.78, 5) is 24.1. The number of amides is 2. The van der Waals surface area contributed by atoms with E-state index in [4.69, 9.17) is 5.73 Å². The molecule has 1 aromatic rings. The van der Waals surface area contributed by atoms with Crippen molar-refractivity contribution in [3.63, 3.8) is 0 Å². The maximum atomic E-state index is 13.4. The van der Waals surface area contributed by atoms with E-state index in [1.54, 1.807) is 0 Å². The monoisotopic (exact) mass is 303 g/mol. The van der Waals surface area contributed by atoms with E-state index >= 15 is 0 Å². The highest BCUT2D eigenvalue weighted by Crippen LogP contribution is 2.19. The fraction of sp³-hybridized carbons (Fsp3) is 0.385. The van der Waals surface area contributed by atoms with Gasteiger partial charge >= 0.3 is 0 Å². The van der Waals surface area contributed by atoms with Crippen LogP contribution in [0.15, 0.2) is 12.1 Å². The largest absolute Gasteiger partial charge is 0.369 e. The molecule has 21 heavy (non-hydrogen) atoms.